The fourth-order valence-electron chi connectivity index (χ4n) is 2.87. The Bertz CT molecular complexity index is 676. The normalized spacial score (nSPS) is 19.9. The average molecular weight is 320 g/mol. The van der Waals surface area contributed by atoms with Crippen molar-refractivity contribution in [1.29, 1.82) is 0 Å². The summed E-state index contributed by atoms with van der Waals surface area (Å²) in [4.78, 5) is 8.71. The van der Waals surface area contributed by atoms with E-state index in [1.54, 1.807) is 19.1 Å². The van der Waals surface area contributed by atoms with Crippen LogP contribution in [0, 0.1) is 12.7 Å². The van der Waals surface area contributed by atoms with E-state index < -0.39 is 0 Å². The van der Waals surface area contributed by atoms with Gasteiger partial charge in [0, 0.05) is 31.7 Å². The van der Waals surface area contributed by atoms with E-state index in [2.05, 4.69) is 19.9 Å². The Kier molecular flexibility index (Phi) is 4.58. The number of piperazine rings is 1. The number of halogens is 1. The molecule has 0 saturated carbocycles. The molecule has 0 radical (unpaired) electrons. The van der Waals surface area contributed by atoms with Gasteiger partial charge in [0.05, 0.1) is 7.11 Å². The zero-order valence-electron chi connectivity index (χ0n) is 13.6. The molecule has 2 heterocycles. The lowest BCUT2D eigenvalue weighted by atomic mass is 10.1. The number of likely N-dealkylation sites (N-methyl/N-ethyl adjacent to an activating group) is 1. The van der Waals surface area contributed by atoms with Crippen LogP contribution in [-0.4, -0.2) is 53.7 Å². The number of aromatic nitrogens is 2. The van der Waals surface area contributed by atoms with E-state index in [0.717, 1.165) is 19.6 Å². The second kappa shape index (κ2) is 6.64. The topological polar surface area (TPSA) is 54.6 Å². The van der Waals surface area contributed by atoms with Crippen molar-refractivity contribution in [3.8, 4) is 5.75 Å². The lowest BCUT2D eigenvalue weighted by Crippen LogP contribution is -2.46. The maximum absolute atomic E-state index is 14.3. The Labute approximate surface area is 134 Å². The van der Waals surface area contributed by atoms with Crippen molar-refractivity contribution >= 4 is 0 Å². The molecule has 1 aliphatic heterocycles. The lowest BCUT2D eigenvalue weighted by molar-refractivity contribution is 0.0707. The van der Waals surface area contributed by atoms with E-state index in [9.17, 15) is 4.39 Å². The third-order valence-corrected chi connectivity index (χ3v) is 4.22. The molecule has 3 rings (SSSR count). The van der Waals surface area contributed by atoms with Crippen LogP contribution in [0.5, 0.6) is 5.75 Å². The van der Waals surface area contributed by atoms with Gasteiger partial charge in [-0.25, -0.2) is 4.39 Å². The summed E-state index contributed by atoms with van der Waals surface area (Å²) in [5.41, 5.74) is 0.634. The predicted molar refractivity (Wildman–Crippen MR) is 82.6 cm³/mol. The van der Waals surface area contributed by atoms with Gasteiger partial charge in [0.15, 0.2) is 17.4 Å². The number of methoxy groups -OCH3 is 1. The smallest absolute Gasteiger partial charge is 0.245 e. The first-order valence-electron chi connectivity index (χ1n) is 7.62. The molecule has 0 bridgehead atoms. The minimum Gasteiger partial charge on any atom is -0.494 e. The van der Waals surface area contributed by atoms with E-state index >= 15 is 0 Å². The molecule has 124 valence electrons. The highest BCUT2D eigenvalue weighted by atomic mass is 19.1. The molecule has 0 N–H and O–H groups in total. The van der Waals surface area contributed by atoms with Crippen LogP contribution in [0.4, 0.5) is 4.39 Å². The van der Waals surface area contributed by atoms with Crippen molar-refractivity contribution < 1.29 is 13.7 Å². The molecule has 2 aromatic rings. The Morgan fingerprint density at radius 2 is 2.22 bits per heavy atom. The van der Waals surface area contributed by atoms with Crippen molar-refractivity contribution in [1.82, 2.24) is 19.9 Å². The van der Waals surface area contributed by atoms with Crippen molar-refractivity contribution in [2.45, 2.75) is 19.5 Å². The van der Waals surface area contributed by atoms with E-state index in [1.807, 2.05) is 13.1 Å². The Balaban J connectivity index is 1.74. The van der Waals surface area contributed by atoms with Gasteiger partial charge in [-0.15, -0.1) is 0 Å². The van der Waals surface area contributed by atoms with Crippen LogP contribution < -0.4 is 4.74 Å². The van der Waals surface area contributed by atoms with Crippen molar-refractivity contribution in [2.75, 3.05) is 33.8 Å². The average Bonchev–Trinajstić information content (AvgIpc) is 2.97. The third kappa shape index (κ3) is 3.35. The van der Waals surface area contributed by atoms with E-state index in [-0.39, 0.29) is 17.6 Å². The van der Waals surface area contributed by atoms with Gasteiger partial charge in [0.25, 0.3) is 0 Å². The molecule has 1 fully saturated rings. The first kappa shape index (κ1) is 15.9. The van der Waals surface area contributed by atoms with E-state index in [0.29, 0.717) is 23.8 Å². The summed E-state index contributed by atoms with van der Waals surface area (Å²) in [5, 5.41) is 3.86. The molecule has 0 aliphatic carbocycles. The number of benzene rings is 1. The summed E-state index contributed by atoms with van der Waals surface area (Å²) in [7, 11) is 3.51. The highest BCUT2D eigenvalue weighted by molar-refractivity contribution is 5.31. The van der Waals surface area contributed by atoms with Gasteiger partial charge in [0.2, 0.25) is 5.89 Å². The maximum Gasteiger partial charge on any atom is 0.245 e. The third-order valence-electron chi connectivity index (χ3n) is 4.22. The lowest BCUT2D eigenvalue weighted by Gasteiger charge is -2.37. The summed E-state index contributed by atoms with van der Waals surface area (Å²) in [6, 6.07) is 5.26. The predicted octanol–water partition coefficient (Wildman–Crippen LogP) is 2.01. The number of aryl methyl sites for hydroxylation is 1. The minimum absolute atomic E-state index is 0.0265. The van der Waals surface area contributed by atoms with Gasteiger partial charge in [0.1, 0.15) is 6.04 Å². The zero-order chi connectivity index (χ0) is 16.4. The Hall–Kier alpha value is -1.99. The van der Waals surface area contributed by atoms with Crippen molar-refractivity contribution in [2.24, 2.45) is 0 Å². The zero-order valence-corrected chi connectivity index (χ0v) is 13.6. The van der Waals surface area contributed by atoms with Crippen molar-refractivity contribution in [3.63, 3.8) is 0 Å². The summed E-state index contributed by atoms with van der Waals surface area (Å²) in [6.45, 7) is 4.77. The molecular formula is C16H21FN4O2. The molecule has 1 atom stereocenters. The van der Waals surface area contributed by atoms with E-state index in [1.165, 1.54) is 7.11 Å². The van der Waals surface area contributed by atoms with E-state index in [4.69, 9.17) is 9.26 Å². The monoisotopic (exact) mass is 320 g/mol. The quantitative estimate of drug-likeness (QED) is 0.859. The summed E-state index contributed by atoms with van der Waals surface area (Å²) in [5.74, 6) is 1.23. The van der Waals surface area contributed by atoms with Gasteiger partial charge >= 0.3 is 0 Å². The minimum atomic E-state index is -0.292. The molecule has 1 aromatic carbocycles. The van der Waals surface area contributed by atoms with Crippen LogP contribution in [0.2, 0.25) is 0 Å². The van der Waals surface area contributed by atoms with Crippen LogP contribution in [0.25, 0.3) is 0 Å². The molecule has 0 unspecified atom stereocenters. The first-order valence-corrected chi connectivity index (χ1v) is 7.62. The van der Waals surface area contributed by atoms with Crippen LogP contribution in [0.1, 0.15) is 23.3 Å². The largest absolute Gasteiger partial charge is 0.494 e. The molecule has 7 heteroatoms. The molecule has 1 aliphatic rings. The Morgan fingerprint density at radius 1 is 1.39 bits per heavy atom. The van der Waals surface area contributed by atoms with Gasteiger partial charge in [-0.1, -0.05) is 17.3 Å². The van der Waals surface area contributed by atoms with Crippen molar-refractivity contribution in [3.05, 3.63) is 41.3 Å². The molecule has 6 nitrogen and oxygen atoms in total. The molecule has 1 saturated heterocycles. The standard InChI is InChI=1S/C16H21FN4O2/c1-11-18-16(23-19-11)13-10-21(8-7-20(13)2)9-12-5-4-6-14(22-3)15(12)17/h4-6,13H,7-10H2,1-3H3/t13-/m1/s1. The van der Waals surface area contributed by atoms with Gasteiger partial charge in [-0.05, 0) is 20.0 Å². The van der Waals surface area contributed by atoms with Crippen LogP contribution in [-0.2, 0) is 6.54 Å². The number of rotatable bonds is 4. The fraction of sp³-hybridized carbons (Fsp3) is 0.500. The fourth-order valence-corrected chi connectivity index (χ4v) is 2.87. The number of hydrogen-bond donors (Lipinski definition) is 0. The van der Waals surface area contributed by atoms with Crippen LogP contribution >= 0.6 is 0 Å². The first-order chi connectivity index (χ1) is 11.1. The van der Waals surface area contributed by atoms with Gasteiger partial charge in [-0.2, -0.15) is 4.98 Å². The summed E-state index contributed by atoms with van der Waals surface area (Å²) >= 11 is 0. The molecule has 0 amide bonds. The summed E-state index contributed by atoms with van der Waals surface area (Å²) in [6.07, 6.45) is 0. The van der Waals surface area contributed by atoms with Gasteiger partial charge in [-0.3, -0.25) is 9.80 Å². The van der Waals surface area contributed by atoms with Crippen LogP contribution in [0.3, 0.4) is 0 Å². The molecule has 1 aromatic heterocycles. The number of nitrogens with zero attached hydrogens (tertiary/aromatic N) is 4. The molecule has 23 heavy (non-hydrogen) atoms. The number of hydrogen-bond acceptors (Lipinski definition) is 6. The number of ether oxygens (including phenoxy) is 1. The highest BCUT2D eigenvalue weighted by Crippen LogP contribution is 2.26. The Morgan fingerprint density at radius 3 is 2.91 bits per heavy atom. The van der Waals surface area contributed by atoms with Gasteiger partial charge < -0.3 is 9.26 Å². The van der Waals surface area contributed by atoms with Crippen LogP contribution in [0.15, 0.2) is 22.7 Å². The highest BCUT2D eigenvalue weighted by Gasteiger charge is 2.30. The second-order valence-electron chi connectivity index (χ2n) is 5.84. The molecular weight excluding hydrogens is 299 g/mol. The SMILES string of the molecule is COc1cccc(CN2CCN(C)[C@@H](c3nc(C)no3)C2)c1F. The second-order valence-corrected chi connectivity index (χ2v) is 5.84. The summed E-state index contributed by atoms with van der Waals surface area (Å²) < 4.78 is 24.7. The maximum atomic E-state index is 14.3. The molecule has 0 spiro atoms.